The molecule has 2 aromatic rings. The van der Waals surface area contributed by atoms with Crippen molar-refractivity contribution >= 4 is 15.9 Å². The van der Waals surface area contributed by atoms with Gasteiger partial charge in [0.2, 0.25) is 10.0 Å². The number of H-pyrrole nitrogens is 1. The van der Waals surface area contributed by atoms with Gasteiger partial charge < -0.3 is 15.6 Å². The summed E-state index contributed by atoms with van der Waals surface area (Å²) in [6, 6.07) is 11.2. The van der Waals surface area contributed by atoms with Crippen LogP contribution in [0.3, 0.4) is 0 Å². The SMILES string of the molecule is CC(C)NS(=O)(=O)c1c[nH]c(C(=O)N2C[C@@H](CN)[C@H](c3ccccc3)C2)c1. The molecule has 27 heavy (non-hydrogen) atoms. The molecular formula is C19H26N4O3S. The van der Waals surface area contributed by atoms with Gasteiger partial charge in [0.1, 0.15) is 10.6 Å². The Bertz CT molecular complexity index is 893. The Morgan fingerprint density at radius 1 is 1.30 bits per heavy atom. The maximum Gasteiger partial charge on any atom is 0.270 e. The highest BCUT2D eigenvalue weighted by Gasteiger charge is 2.36. The van der Waals surface area contributed by atoms with Gasteiger partial charge in [-0.25, -0.2) is 13.1 Å². The summed E-state index contributed by atoms with van der Waals surface area (Å²) in [5, 5.41) is 0. The third kappa shape index (κ3) is 4.23. The van der Waals surface area contributed by atoms with Gasteiger partial charge >= 0.3 is 0 Å². The molecule has 1 fully saturated rings. The quantitative estimate of drug-likeness (QED) is 0.695. The third-order valence-electron chi connectivity index (χ3n) is 4.85. The fourth-order valence-electron chi connectivity index (χ4n) is 3.56. The molecule has 0 spiro atoms. The zero-order valence-electron chi connectivity index (χ0n) is 15.6. The van der Waals surface area contributed by atoms with E-state index in [1.807, 2.05) is 18.2 Å². The first-order chi connectivity index (χ1) is 12.8. The van der Waals surface area contributed by atoms with E-state index >= 15 is 0 Å². The number of amides is 1. The van der Waals surface area contributed by atoms with Crippen molar-refractivity contribution in [3.05, 3.63) is 53.9 Å². The molecule has 7 nitrogen and oxygen atoms in total. The topological polar surface area (TPSA) is 108 Å². The lowest BCUT2D eigenvalue weighted by Crippen LogP contribution is -2.30. The van der Waals surface area contributed by atoms with Gasteiger partial charge in [0.25, 0.3) is 5.91 Å². The Morgan fingerprint density at radius 2 is 2.00 bits per heavy atom. The zero-order valence-corrected chi connectivity index (χ0v) is 16.4. The van der Waals surface area contributed by atoms with Crippen molar-refractivity contribution < 1.29 is 13.2 Å². The van der Waals surface area contributed by atoms with E-state index in [0.717, 1.165) is 0 Å². The maximum atomic E-state index is 12.9. The van der Waals surface area contributed by atoms with Crippen molar-refractivity contribution in [3.63, 3.8) is 0 Å². The fraction of sp³-hybridized carbons (Fsp3) is 0.421. The molecule has 1 aliphatic heterocycles. The van der Waals surface area contributed by atoms with Crippen LogP contribution in [0.1, 0.15) is 35.8 Å². The van der Waals surface area contributed by atoms with E-state index in [1.54, 1.807) is 18.7 Å². The van der Waals surface area contributed by atoms with Gasteiger partial charge in [0, 0.05) is 31.2 Å². The van der Waals surface area contributed by atoms with Crippen molar-refractivity contribution in [3.8, 4) is 0 Å². The van der Waals surface area contributed by atoms with E-state index in [-0.39, 0.29) is 34.4 Å². The van der Waals surface area contributed by atoms with Gasteiger partial charge in [-0.2, -0.15) is 0 Å². The number of hydrogen-bond acceptors (Lipinski definition) is 4. The molecule has 0 bridgehead atoms. The molecule has 4 N–H and O–H groups in total. The summed E-state index contributed by atoms with van der Waals surface area (Å²) >= 11 is 0. The highest BCUT2D eigenvalue weighted by Crippen LogP contribution is 2.32. The molecule has 0 saturated carbocycles. The van der Waals surface area contributed by atoms with Gasteiger partial charge in [-0.05, 0) is 37.9 Å². The molecule has 1 aliphatic rings. The second-order valence-electron chi connectivity index (χ2n) is 7.25. The first-order valence-corrected chi connectivity index (χ1v) is 10.5. The number of aromatic nitrogens is 1. The van der Waals surface area contributed by atoms with Crippen molar-refractivity contribution in [2.75, 3.05) is 19.6 Å². The van der Waals surface area contributed by atoms with Crippen LogP contribution in [0.25, 0.3) is 0 Å². The average molecular weight is 391 g/mol. The molecule has 1 saturated heterocycles. The molecule has 2 atom stereocenters. The number of nitrogens with one attached hydrogen (secondary N) is 2. The smallest absolute Gasteiger partial charge is 0.270 e. The molecule has 1 aromatic carbocycles. The number of nitrogens with two attached hydrogens (primary N) is 1. The number of sulfonamides is 1. The van der Waals surface area contributed by atoms with E-state index in [2.05, 4.69) is 21.8 Å². The number of aromatic amines is 1. The molecule has 146 valence electrons. The highest BCUT2D eigenvalue weighted by molar-refractivity contribution is 7.89. The van der Waals surface area contributed by atoms with E-state index in [1.165, 1.54) is 17.8 Å². The van der Waals surface area contributed by atoms with Crippen LogP contribution in [0.2, 0.25) is 0 Å². The monoisotopic (exact) mass is 390 g/mol. The Hall–Kier alpha value is -2.16. The lowest BCUT2D eigenvalue weighted by atomic mass is 9.89. The van der Waals surface area contributed by atoms with Gasteiger partial charge in [-0.15, -0.1) is 0 Å². The highest BCUT2D eigenvalue weighted by atomic mass is 32.2. The average Bonchev–Trinajstić information content (AvgIpc) is 3.28. The van der Waals surface area contributed by atoms with Crippen LogP contribution in [-0.2, 0) is 10.0 Å². The maximum absolute atomic E-state index is 12.9. The van der Waals surface area contributed by atoms with Crippen LogP contribution >= 0.6 is 0 Å². The van der Waals surface area contributed by atoms with Crippen molar-refractivity contribution in [1.29, 1.82) is 0 Å². The molecule has 3 rings (SSSR count). The first kappa shape index (κ1) is 19.6. The van der Waals surface area contributed by atoms with Gasteiger partial charge in [0.05, 0.1) is 0 Å². The van der Waals surface area contributed by atoms with Crippen LogP contribution in [0.4, 0.5) is 0 Å². The number of nitrogens with zero attached hydrogens (tertiary/aromatic N) is 1. The van der Waals surface area contributed by atoms with Crippen molar-refractivity contribution in [1.82, 2.24) is 14.6 Å². The van der Waals surface area contributed by atoms with Crippen LogP contribution in [0.15, 0.2) is 47.5 Å². The molecule has 0 radical (unpaired) electrons. The van der Waals surface area contributed by atoms with E-state index < -0.39 is 10.0 Å². The summed E-state index contributed by atoms with van der Waals surface area (Å²) in [5.74, 6) is 0.149. The molecule has 1 amide bonds. The molecule has 0 aliphatic carbocycles. The second-order valence-corrected chi connectivity index (χ2v) is 8.96. The summed E-state index contributed by atoms with van der Waals surface area (Å²) in [6.07, 6.45) is 1.35. The summed E-state index contributed by atoms with van der Waals surface area (Å²) in [4.78, 5) is 17.5. The molecule has 2 heterocycles. The van der Waals surface area contributed by atoms with E-state index in [9.17, 15) is 13.2 Å². The normalized spacial score (nSPS) is 20.4. The molecule has 8 heteroatoms. The lowest BCUT2D eigenvalue weighted by molar-refractivity contribution is 0.0781. The lowest BCUT2D eigenvalue weighted by Gasteiger charge is -2.16. The summed E-state index contributed by atoms with van der Waals surface area (Å²) < 4.78 is 27.0. The number of rotatable bonds is 6. The number of hydrogen-bond donors (Lipinski definition) is 3. The predicted molar refractivity (Wildman–Crippen MR) is 104 cm³/mol. The fourth-order valence-corrected chi connectivity index (χ4v) is 4.80. The van der Waals surface area contributed by atoms with Crippen LogP contribution in [0.5, 0.6) is 0 Å². The summed E-state index contributed by atoms with van der Waals surface area (Å²) in [5.41, 5.74) is 7.37. The van der Waals surface area contributed by atoms with Crippen molar-refractivity contribution in [2.24, 2.45) is 11.7 Å². The molecule has 0 unspecified atom stereocenters. The van der Waals surface area contributed by atoms with Gasteiger partial charge in [-0.3, -0.25) is 4.79 Å². The van der Waals surface area contributed by atoms with Crippen molar-refractivity contribution in [2.45, 2.75) is 30.7 Å². The minimum absolute atomic E-state index is 0.0636. The van der Waals surface area contributed by atoms with Crippen LogP contribution in [0, 0.1) is 5.92 Å². The Kier molecular flexibility index (Phi) is 5.69. The Balaban J connectivity index is 1.77. The van der Waals surface area contributed by atoms with E-state index in [0.29, 0.717) is 19.6 Å². The summed E-state index contributed by atoms with van der Waals surface area (Å²) in [6.45, 7) is 5.11. The largest absolute Gasteiger partial charge is 0.356 e. The van der Waals surface area contributed by atoms with E-state index in [4.69, 9.17) is 5.73 Å². The standard InChI is InChI=1S/C19H26N4O3S/c1-13(2)22-27(25,26)16-8-18(21-10-16)19(24)23-11-15(9-20)17(12-23)14-6-4-3-5-7-14/h3-8,10,13,15,17,21-22H,9,11-12,20H2,1-2H3/t15-,17+/m1/s1. The first-order valence-electron chi connectivity index (χ1n) is 9.07. The van der Waals surface area contributed by atoms with Gasteiger partial charge in [0.15, 0.2) is 0 Å². The number of carbonyl (C=O) groups excluding carboxylic acids is 1. The number of carbonyl (C=O) groups is 1. The molecular weight excluding hydrogens is 364 g/mol. The number of benzene rings is 1. The third-order valence-corrected chi connectivity index (χ3v) is 6.48. The second kappa shape index (κ2) is 7.84. The molecule has 1 aromatic heterocycles. The number of likely N-dealkylation sites (tertiary alicyclic amines) is 1. The minimum Gasteiger partial charge on any atom is -0.356 e. The predicted octanol–water partition coefficient (Wildman–Crippen LogP) is 1.52. The zero-order chi connectivity index (χ0) is 19.6. The van der Waals surface area contributed by atoms with Crippen LogP contribution < -0.4 is 10.5 Å². The summed E-state index contributed by atoms with van der Waals surface area (Å²) in [7, 11) is -3.64. The minimum atomic E-state index is -3.64. The Morgan fingerprint density at radius 3 is 2.63 bits per heavy atom. The van der Waals surface area contributed by atoms with Gasteiger partial charge in [-0.1, -0.05) is 30.3 Å². The Labute approximate surface area is 160 Å². The van der Waals surface area contributed by atoms with Crippen LogP contribution in [-0.4, -0.2) is 49.9 Å².